The molecule has 0 saturated heterocycles. The Labute approximate surface area is 173 Å². The minimum Gasteiger partial charge on any atom is -0.490 e. The van der Waals surface area contributed by atoms with Gasteiger partial charge in [-0.1, -0.05) is 34.9 Å². The van der Waals surface area contributed by atoms with Crippen molar-refractivity contribution in [1.29, 1.82) is 0 Å². The van der Waals surface area contributed by atoms with Crippen molar-refractivity contribution in [2.75, 3.05) is 11.9 Å². The van der Waals surface area contributed by atoms with Crippen LogP contribution >= 0.6 is 11.6 Å². The third-order valence-corrected chi connectivity index (χ3v) is 4.38. The molecule has 1 N–H and O–H groups in total. The van der Waals surface area contributed by atoms with Gasteiger partial charge in [0.05, 0.1) is 18.2 Å². The van der Waals surface area contributed by atoms with E-state index in [4.69, 9.17) is 21.1 Å². The number of halogens is 2. The molecule has 1 aromatic heterocycles. The molecule has 29 heavy (non-hydrogen) atoms. The number of ether oxygens (including phenoxy) is 2. The summed E-state index contributed by atoms with van der Waals surface area (Å²) in [4.78, 5) is 0. The predicted molar refractivity (Wildman–Crippen MR) is 109 cm³/mol. The average Bonchev–Trinajstić information content (AvgIpc) is 3.15. The third-order valence-electron chi connectivity index (χ3n) is 4.03. The quantitative estimate of drug-likeness (QED) is 0.497. The van der Waals surface area contributed by atoms with Crippen molar-refractivity contribution in [3.05, 3.63) is 71.0 Å². The molecule has 2 aromatic carbocycles. The van der Waals surface area contributed by atoms with Crippen LogP contribution < -0.4 is 14.8 Å². The SMILES string of the molecule is C=CCn1nnnc1NCc1ccc(OCc2c(F)cccc2Cl)c(OCC)c1. The lowest BCUT2D eigenvalue weighted by Crippen LogP contribution is -2.08. The van der Waals surface area contributed by atoms with Crippen LogP contribution in [0.15, 0.2) is 49.1 Å². The Morgan fingerprint density at radius 1 is 1.24 bits per heavy atom. The summed E-state index contributed by atoms with van der Waals surface area (Å²) in [5.74, 6) is 1.20. The van der Waals surface area contributed by atoms with E-state index >= 15 is 0 Å². The third kappa shape index (κ3) is 5.23. The Morgan fingerprint density at radius 3 is 2.86 bits per heavy atom. The molecule has 3 rings (SSSR count). The first kappa shape index (κ1) is 20.6. The summed E-state index contributed by atoms with van der Waals surface area (Å²) in [6, 6.07) is 10.1. The lowest BCUT2D eigenvalue weighted by Gasteiger charge is -2.14. The van der Waals surface area contributed by atoms with Gasteiger partial charge >= 0.3 is 0 Å². The monoisotopic (exact) mass is 417 g/mol. The number of tetrazole rings is 1. The van der Waals surface area contributed by atoms with Crippen LogP contribution in [0.1, 0.15) is 18.1 Å². The van der Waals surface area contributed by atoms with Crippen LogP contribution in [0.2, 0.25) is 5.02 Å². The molecule has 0 aliphatic heterocycles. The number of aromatic nitrogens is 4. The number of hydrogen-bond acceptors (Lipinski definition) is 6. The first-order valence-electron chi connectivity index (χ1n) is 9.04. The van der Waals surface area contributed by atoms with Crippen LogP contribution in [0.3, 0.4) is 0 Å². The summed E-state index contributed by atoms with van der Waals surface area (Å²) in [7, 11) is 0. The first-order chi connectivity index (χ1) is 14.1. The Morgan fingerprint density at radius 2 is 2.10 bits per heavy atom. The molecular weight excluding hydrogens is 397 g/mol. The zero-order chi connectivity index (χ0) is 20.6. The molecule has 0 aliphatic carbocycles. The number of nitrogens with zero attached hydrogens (tertiary/aromatic N) is 4. The zero-order valence-corrected chi connectivity index (χ0v) is 16.7. The second-order valence-corrected chi connectivity index (χ2v) is 6.44. The van der Waals surface area contributed by atoms with Gasteiger partial charge in [-0.2, -0.15) is 0 Å². The van der Waals surface area contributed by atoms with E-state index in [1.807, 2.05) is 19.1 Å². The van der Waals surface area contributed by atoms with E-state index < -0.39 is 5.82 Å². The molecule has 0 spiro atoms. The fourth-order valence-electron chi connectivity index (χ4n) is 2.63. The average molecular weight is 418 g/mol. The molecule has 0 fully saturated rings. The molecule has 0 radical (unpaired) electrons. The molecule has 3 aromatic rings. The van der Waals surface area contributed by atoms with Gasteiger partial charge in [0.1, 0.15) is 12.4 Å². The van der Waals surface area contributed by atoms with Crippen molar-refractivity contribution < 1.29 is 13.9 Å². The van der Waals surface area contributed by atoms with Gasteiger partial charge < -0.3 is 14.8 Å². The number of nitrogens with one attached hydrogen (secondary N) is 1. The van der Waals surface area contributed by atoms with Crippen LogP contribution in [0.4, 0.5) is 10.3 Å². The Hall–Kier alpha value is -3.13. The number of benzene rings is 2. The van der Waals surface area contributed by atoms with Gasteiger partial charge in [0.2, 0.25) is 5.95 Å². The second-order valence-electron chi connectivity index (χ2n) is 6.03. The van der Waals surface area contributed by atoms with Crippen LogP contribution in [-0.2, 0) is 19.7 Å². The smallest absolute Gasteiger partial charge is 0.243 e. The number of anilines is 1. The number of allylic oxidation sites excluding steroid dienone is 1. The van der Waals surface area contributed by atoms with E-state index in [-0.39, 0.29) is 6.61 Å². The highest BCUT2D eigenvalue weighted by Gasteiger charge is 2.12. The van der Waals surface area contributed by atoms with E-state index in [0.29, 0.717) is 47.7 Å². The van der Waals surface area contributed by atoms with E-state index in [9.17, 15) is 4.39 Å². The van der Waals surface area contributed by atoms with Crippen molar-refractivity contribution in [1.82, 2.24) is 20.2 Å². The van der Waals surface area contributed by atoms with Crippen molar-refractivity contribution in [2.45, 2.75) is 26.6 Å². The van der Waals surface area contributed by atoms with E-state index in [0.717, 1.165) is 5.56 Å². The van der Waals surface area contributed by atoms with Crippen molar-refractivity contribution in [2.24, 2.45) is 0 Å². The fraction of sp³-hybridized carbons (Fsp3) is 0.250. The highest BCUT2D eigenvalue weighted by Crippen LogP contribution is 2.30. The maximum atomic E-state index is 14.0. The van der Waals surface area contributed by atoms with Crippen LogP contribution in [0, 0.1) is 5.82 Å². The molecule has 9 heteroatoms. The fourth-order valence-corrected chi connectivity index (χ4v) is 2.85. The van der Waals surface area contributed by atoms with Gasteiger partial charge in [-0.3, -0.25) is 0 Å². The second kappa shape index (κ2) is 9.88. The standard InChI is InChI=1S/C20H21ClFN5O2/c1-3-10-27-20(24-25-26-27)23-12-14-8-9-18(19(11-14)28-4-2)29-13-15-16(21)6-5-7-17(15)22/h3,5-9,11H,1,4,10,12-13H2,2H3,(H,23,24,26). The number of hydrogen-bond donors (Lipinski definition) is 1. The van der Waals surface area contributed by atoms with E-state index in [2.05, 4.69) is 27.4 Å². The topological polar surface area (TPSA) is 74.1 Å². The number of rotatable bonds is 10. The zero-order valence-electron chi connectivity index (χ0n) is 15.9. The molecule has 152 valence electrons. The molecule has 0 aliphatic rings. The van der Waals surface area contributed by atoms with Gasteiger partial charge in [0.25, 0.3) is 0 Å². The summed E-state index contributed by atoms with van der Waals surface area (Å²) >= 11 is 6.06. The van der Waals surface area contributed by atoms with Crippen LogP contribution in [-0.4, -0.2) is 26.8 Å². The minimum absolute atomic E-state index is 0.000491. The largest absolute Gasteiger partial charge is 0.490 e. The van der Waals surface area contributed by atoms with Crippen molar-refractivity contribution >= 4 is 17.5 Å². The summed E-state index contributed by atoms with van der Waals surface area (Å²) in [6.07, 6.45) is 1.71. The van der Waals surface area contributed by atoms with Crippen molar-refractivity contribution in [3.63, 3.8) is 0 Å². The maximum Gasteiger partial charge on any atom is 0.243 e. The molecule has 0 unspecified atom stereocenters. The van der Waals surface area contributed by atoms with Gasteiger partial charge in [0.15, 0.2) is 11.5 Å². The Balaban J connectivity index is 1.71. The first-order valence-corrected chi connectivity index (χ1v) is 9.42. The maximum absolute atomic E-state index is 14.0. The van der Waals surface area contributed by atoms with E-state index in [1.165, 1.54) is 6.07 Å². The molecule has 0 saturated carbocycles. The highest BCUT2D eigenvalue weighted by atomic mass is 35.5. The lowest BCUT2D eigenvalue weighted by molar-refractivity contribution is 0.265. The van der Waals surface area contributed by atoms with Gasteiger partial charge in [-0.05, 0) is 47.2 Å². The molecule has 0 bridgehead atoms. The lowest BCUT2D eigenvalue weighted by atomic mass is 10.2. The normalized spacial score (nSPS) is 10.6. The predicted octanol–water partition coefficient (Wildman–Crippen LogP) is 4.24. The molecular formula is C20H21ClFN5O2. The van der Waals surface area contributed by atoms with Crippen LogP contribution in [0.25, 0.3) is 0 Å². The highest BCUT2D eigenvalue weighted by molar-refractivity contribution is 6.31. The van der Waals surface area contributed by atoms with Crippen LogP contribution in [0.5, 0.6) is 11.5 Å². The Kier molecular flexibility index (Phi) is 7.02. The summed E-state index contributed by atoms with van der Waals surface area (Å²) in [5.41, 5.74) is 1.24. The molecule has 1 heterocycles. The Bertz CT molecular complexity index is 959. The van der Waals surface area contributed by atoms with E-state index in [1.54, 1.807) is 29.0 Å². The van der Waals surface area contributed by atoms with Gasteiger partial charge in [-0.15, -0.1) is 6.58 Å². The molecule has 0 amide bonds. The summed E-state index contributed by atoms with van der Waals surface area (Å²) in [5, 5.41) is 15.0. The summed E-state index contributed by atoms with van der Waals surface area (Å²) < 4.78 is 27.0. The molecule has 7 nitrogen and oxygen atoms in total. The van der Waals surface area contributed by atoms with Crippen molar-refractivity contribution in [3.8, 4) is 11.5 Å². The van der Waals surface area contributed by atoms with Gasteiger partial charge in [-0.25, -0.2) is 9.07 Å². The minimum atomic E-state index is -0.409. The van der Waals surface area contributed by atoms with Gasteiger partial charge in [0, 0.05) is 12.1 Å². The summed E-state index contributed by atoms with van der Waals surface area (Å²) in [6.45, 7) is 7.01. The molecule has 0 atom stereocenters.